The molecule has 0 spiro atoms. The molecule has 0 saturated carbocycles. The molecule has 1 fully saturated rings. The Hall–Kier alpha value is -1.64. The average Bonchev–Trinajstić information content (AvgIpc) is 2.87. The van der Waals surface area contributed by atoms with Gasteiger partial charge in [-0.25, -0.2) is 13.2 Å². The zero-order chi connectivity index (χ0) is 20.9. The molecular formula is C20H30N2O5S. The van der Waals surface area contributed by atoms with Gasteiger partial charge < -0.3 is 10.2 Å². The fourth-order valence-corrected chi connectivity index (χ4v) is 5.34. The van der Waals surface area contributed by atoms with Crippen molar-refractivity contribution in [3.05, 3.63) is 29.3 Å². The number of fused-ring (bicyclic) bond motifs is 1. The van der Waals surface area contributed by atoms with E-state index in [-0.39, 0.29) is 17.0 Å². The molecule has 1 aliphatic heterocycles. The van der Waals surface area contributed by atoms with Crippen LogP contribution in [0.5, 0.6) is 0 Å². The Morgan fingerprint density at radius 2 is 1.96 bits per heavy atom. The molecule has 3 atom stereocenters. The molecule has 0 radical (unpaired) electrons. The molecule has 1 saturated heterocycles. The van der Waals surface area contributed by atoms with Gasteiger partial charge in [0, 0.05) is 30.8 Å². The van der Waals surface area contributed by atoms with Crippen molar-refractivity contribution in [1.82, 2.24) is 9.80 Å². The van der Waals surface area contributed by atoms with Gasteiger partial charge in [-0.1, -0.05) is 6.07 Å². The Kier molecular flexibility index (Phi) is 5.51. The second kappa shape index (κ2) is 7.31. The van der Waals surface area contributed by atoms with E-state index in [4.69, 9.17) is 0 Å². The van der Waals surface area contributed by atoms with E-state index in [2.05, 4.69) is 4.90 Å². The predicted molar refractivity (Wildman–Crippen MR) is 106 cm³/mol. The highest BCUT2D eigenvalue weighted by Crippen LogP contribution is 2.39. The van der Waals surface area contributed by atoms with Crippen LogP contribution in [-0.4, -0.2) is 71.6 Å². The normalized spacial score (nSPS) is 26.1. The van der Waals surface area contributed by atoms with Gasteiger partial charge in [-0.3, -0.25) is 9.80 Å². The van der Waals surface area contributed by atoms with Gasteiger partial charge in [0.15, 0.2) is 9.84 Å². The third kappa shape index (κ3) is 4.04. The Labute approximate surface area is 166 Å². The smallest absolute Gasteiger partial charge is 0.408 e. The highest BCUT2D eigenvalue weighted by atomic mass is 32.2. The number of carbonyl (C=O) groups is 1. The number of piperidine rings is 1. The molecule has 28 heavy (non-hydrogen) atoms. The summed E-state index contributed by atoms with van der Waals surface area (Å²) >= 11 is 0. The lowest BCUT2D eigenvalue weighted by molar-refractivity contribution is -0.00105. The van der Waals surface area contributed by atoms with Crippen LogP contribution in [0.4, 0.5) is 4.79 Å². The summed E-state index contributed by atoms with van der Waals surface area (Å²) in [5.74, 6) is 0. The van der Waals surface area contributed by atoms with E-state index >= 15 is 0 Å². The van der Waals surface area contributed by atoms with Crippen LogP contribution in [0.25, 0.3) is 0 Å². The van der Waals surface area contributed by atoms with Crippen molar-refractivity contribution in [2.24, 2.45) is 0 Å². The number of carboxylic acid groups (broad SMARTS) is 1. The minimum absolute atomic E-state index is 0.166. The monoisotopic (exact) mass is 410 g/mol. The van der Waals surface area contributed by atoms with E-state index in [0.717, 1.165) is 30.5 Å². The lowest BCUT2D eigenvalue weighted by Gasteiger charge is -2.46. The van der Waals surface area contributed by atoms with Crippen LogP contribution in [0.15, 0.2) is 23.1 Å². The molecule has 1 aliphatic carbocycles. The van der Waals surface area contributed by atoms with Crippen molar-refractivity contribution in [3.8, 4) is 0 Å². The molecule has 8 heteroatoms. The van der Waals surface area contributed by atoms with Gasteiger partial charge in [0.25, 0.3) is 0 Å². The van der Waals surface area contributed by atoms with Crippen molar-refractivity contribution in [3.63, 3.8) is 0 Å². The molecule has 156 valence electrons. The van der Waals surface area contributed by atoms with Gasteiger partial charge >= 0.3 is 6.09 Å². The molecule has 0 unspecified atom stereocenters. The van der Waals surface area contributed by atoms with E-state index < -0.39 is 27.6 Å². The van der Waals surface area contributed by atoms with Crippen LogP contribution in [0.1, 0.15) is 50.8 Å². The third-order valence-electron chi connectivity index (χ3n) is 5.77. The fraction of sp³-hybridized carbons (Fsp3) is 0.650. The van der Waals surface area contributed by atoms with Crippen LogP contribution in [-0.2, 0) is 16.3 Å². The standard InChI is InChI=1S/C20H30N2O5S/c1-20(2,3)22(19(24)25)14-6-5-9-21(12-14)18-16-11-15(28(4,26)27)8-7-13(16)10-17(18)23/h7-8,11,14,17-18,23H,5-6,9-10,12H2,1-4H3,(H,24,25)/t14-,17+,18+/m1/s1. The Balaban J connectivity index is 1.91. The highest BCUT2D eigenvalue weighted by Gasteiger charge is 2.41. The first-order valence-corrected chi connectivity index (χ1v) is 11.6. The minimum atomic E-state index is -3.34. The lowest BCUT2D eigenvalue weighted by Crippen LogP contribution is -2.57. The summed E-state index contributed by atoms with van der Waals surface area (Å²) in [6.45, 7) is 6.93. The maximum atomic E-state index is 12.0. The minimum Gasteiger partial charge on any atom is -0.465 e. The van der Waals surface area contributed by atoms with Crippen LogP contribution in [0, 0.1) is 0 Å². The van der Waals surface area contributed by atoms with E-state index in [9.17, 15) is 23.4 Å². The Bertz CT molecular complexity index is 862. The van der Waals surface area contributed by atoms with Crippen molar-refractivity contribution in [2.45, 2.75) is 68.7 Å². The Morgan fingerprint density at radius 1 is 1.29 bits per heavy atom. The Morgan fingerprint density at radius 3 is 2.54 bits per heavy atom. The number of nitrogens with zero attached hydrogens (tertiary/aromatic N) is 2. The molecule has 2 aliphatic rings. The molecule has 1 aromatic rings. The molecule has 1 aromatic carbocycles. The molecule has 1 heterocycles. The number of aliphatic hydroxyl groups is 1. The first-order chi connectivity index (χ1) is 12.9. The van der Waals surface area contributed by atoms with Crippen LogP contribution < -0.4 is 0 Å². The van der Waals surface area contributed by atoms with Gasteiger partial charge in [-0.2, -0.15) is 0 Å². The number of rotatable bonds is 3. The van der Waals surface area contributed by atoms with Crippen molar-refractivity contribution in [2.75, 3.05) is 19.3 Å². The molecular weight excluding hydrogens is 380 g/mol. The first-order valence-electron chi connectivity index (χ1n) is 9.67. The molecule has 1 amide bonds. The van der Waals surface area contributed by atoms with Crippen LogP contribution in [0.2, 0.25) is 0 Å². The molecule has 2 N–H and O–H groups in total. The predicted octanol–water partition coefficient (Wildman–Crippen LogP) is 2.29. The van der Waals surface area contributed by atoms with E-state index in [1.165, 1.54) is 11.2 Å². The van der Waals surface area contributed by atoms with E-state index in [1.807, 2.05) is 20.8 Å². The molecule has 0 bridgehead atoms. The maximum absolute atomic E-state index is 12.0. The summed E-state index contributed by atoms with van der Waals surface area (Å²) in [4.78, 5) is 15.8. The molecule has 7 nitrogen and oxygen atoms in total. The topological polar surface area (TPSA) is 98.2 Å². The van der Waals surface area contributed by atoms with Crippen molar-refractivity contribution < 1.29 is 23.4 Å². The largest absolute Gasteiger partial charge is 0.465 e. The van der Waals surface area contributed by atoms with Crippen LogP contribution >= 0.6 is 0 Å². The summed E-state index contributed by atoms with van der Waals surface area (Å²) in [6, 6.07) is 4.58. The number of likely N-dealkylation sites (tertiary alicyclic amines) is 1. The van der Waals surface area contributed by atoms with Gasteiger partial charge in [0.1, 0.15) is 0 Å². The number of benzene rings is 1. The summed E-state index contributed by atoms with van der Waals surface area (Å²) in [6.07, 6.45) is 1.70. The fourth-order valence-electron chi connectivity index (χ4n) is 4.69. The van der Waals surface area contributed by atoms with Gasteiger partial charge in [-0.15, -0.1) is 0 Å². The third-order valence-corrected chi connectivity index (χ3v) is 6.88. The van der Waals surface area contributed by atoms with Crippen molar-refractivity contribution in [1.29, 1.82) is 0 Å². The number of aliphatic hydroxyl groups excluding tert-OH is 1. The summed E-state index contributed by atoms with van der Waals surface area (Å²) in [5.41, 5.74) is 1.28. The zero-order valence-corrected chi connectivity index (χ0v) is 17.7. The van der Waals surface area contributed by atoms with Gasteiger partial charge in [0.05, 0.1) is 17.0 Å². The number of hydrogen-bond donors (Lipinski definition) is 2. The first kappa shape index (κ1) is 21.1. The van der Waals surface area contributed by atoms with Gasteiger partial charge in [-0.05, 0) is 63.4 Å². The number of sulfone groups is 1. The van der Waals surface area contributed by atoms with E-state index in [0.29, 0.717) is 13.0 Å². The summed E-state index contributed by atoms with van der Waals surface area (Å²) in [7, 11) is -3.34. The SMILES string of the molecule is CC(C)(C)N(C(=O)O)[C@@H]1CCCN([C@H]2c3cc(S(C)(=O)=O)ccc3C[C@@H]2O)C1. The maximum Gasteiger partial charge on any atom is 0.408 e. The van der Waals surface area contributed by atoms with Crippen LogP contribution in [0.3, 0.4) is 0 Å². The summed E-state index contributed by atoms with van der Waals surface area (Å²) < 4.78 is 24.0. The number of amides is 1. The average molecular weight is 411 g/mol. The summed E-state index contributed by atoms with van der Waals surface area (Å²) in [5, 5.41) is 20.5. The molecule has 3 rings (SSSR count). The lowest BCUT2D eigenvalue weighted by atomic mass is 9.95. The molecule has 0 aromatic heterocycles. The van der Waals surface area contributed by atoms with Gasteiger partial charge in [0.2, 0.25) is 0 Å². The second-order valence-corrected chi connectivity index (χ2v) is 11.0. The van der Waals surface area contributed by atoms with E-state index in [1.54, 1.807) is 18.2 Å². The highest BCUT2D eigenvalue weighted by molar-refractivity contribution is 7.90. The number of hydrogen-bond acceptors (Lipinski definition) is 5. The van der Waals surface area contributed by atoms with Crippen molar-refractivity contribution >= 4 is 15.9 Å². The second-order valence-electron chi connectivity index (χ2n) is 8.96. The zero-order valence-electron chi connectivity index (χ0n) is 16.9. The quantitative estimate of drug-likeness (QED) is 0.793.